The van der Waals surface area contributed by atoms with Gasteiger partial charge in [-0.15, -0.1) is 0 Å². The van der Waals surface area contributed by atoms with Crippen LogP contribution in [0.3, 0.4) is 0 Å². The molecule has 0 spiro atoms. The maximum absolute atomic E-state index is 12.0. The summed E-state index contributed by atoms with van der Waals surface area (Å²) < 4.78 is 5.38. The Balaban J connectivity index is 2.12. The number of nitrogen functional groups attached to an aromatic ring is 1. The van der Waals surface area contributed by atoms with Gasteiger partial charge in [0.15, 0.2) is 0 Å². The summed E-state index contributed by atoms with van der Waals surface area (Å²) in [5, 5.41) is 0. The minimum absolute atomic E-state index is 0.267. The van der Waals surface area contributed by atoms with Crippen molar-refractivity contribution in [2.75, 3.05) is 12.3 Å². The molecule has 2 rings (SSSR count). The first-order chi connectivity index (χ1) is 8.37. The lowest BCUT2D eigenvalue weighted by Crippen LogP contribution is -2.40. The van der Waals surface area contributed by atoms with Gasteiger partial charge in [-0.2, -0.15) is 0 Å². The average Bonchev–Trinajstić information content (AvgIpc) is 2.27. The van der Waals surface area contributed by atoms with Crippen LogP contribution >= 0.6 is 0 Å². The van der Waals surface area contributed by atoms with E-state index in [9.17, 15) is 4.79 Å². The second-order valence-corrected chi connectivity index (χ2v) is 5.64. The molecule has 0 saturated carbocycles. The molecule has 4 nitrogen and oxygen atoms in total. The first kappa shape index (κ1) is 12.7. The summed E-state index contributed by atoms with van der Waals surface area (Å²) in [6, 6.07) is 5.90. The summed E-state index contributed by atoms with van der Waals surface area (Å²) in [6.07, 6.45) is 0.566. The van der Waals surface area contributed by atoms with E-state index >= 15 is 0 Å². The summed E-state index contributed by atoms with van der Waals surface area (Å²) in [4.78, 5) is 13.7. The lowest BCUT2D eigenvalue weighted by Gasteiger charge is -2.31. The van der Waals surface area contributed by atoms with E-state index in [-0.39, 0.29) is 6.09 Å². The molecule has 1 aliphatic heterocycles. The Kier molecular flexibility index (Phi) is 3.20. The predicted molar refractivity (Wildman–Crippen MR) is 71.2 cm³/mol. The van der Waals surface area contributed by atoms with Gasteiger partial charge in [-0.3, -0.25) is 0 Å². The molecule has 1 amide bonds. The third-order valence-electron chi connectivity index (χ3n) is 2.96. The molecular weight excluding hydrogens is 228 g/mol. The number of fused-ring (bicyclic) bond motifs is 1. The zero-order valence-corrected chi connectivity index (χ0v) is 11.2. The van der Waals surface area contributed by atoms with E-state index in [1.165, 1.54) is 5.56 Å². The van der Waals surface area contributed by atoms with Crippen molar-refractivity contribution in [3.8, 4) is 0 Å². The van der Waals surface area contributed by atoms with E-state index in [1.54, 1.807) is 4.90 Å². The summed E-state index contributed by atoms with van der Waals surface area (Å²) in [5.41, 5.74) is 8.53. The second kappa shape index (κ2) is 4.52. The molecule has 0 aromatic heterocycles. The number of nitrogens with zero attached hydrogens (tertiary/aromatic N) is 1. The summed E-state index contributed by atoms with van der Waals surface area (Å²) in [7, 11) is 0. The first-order valence-corrected chi connectivity index (χ1v) is 6.21. The third-order valence-corrected chi connectivity index (χ3v) is 2.96. The normalized spacial score (nSPS) is 15.2. The number of anilines is 1. The molecule has 98 valence electrons. The van der Waals surface area contributed by atoms with Crippen molar-refractivity contribution >= 4 is 11.8 Å². The van der Waals surface area contributed by atoms with Gasteiger partial charge in [-0.25, -0.2) is 4.79 Å². The highest BCUT2D eigenvalue weighted by Gasteiger charge is 2.26. The third kappa shape index (κ3) is 2.75. The van der Waals surface area contributed by atoms with Crippen molar-refractivity contribution < 1.29 is 9.53 Å². The highest BCUT2D eigenvalue weighted by atomic mass is 16.6. The molecule has 1 heterocycles. The number of nitrogens with two attached hydrogens (primary N) is 1. The molecule has 0 fully saturated rings. The molecule has 18 heavy (non-hydrogen) atoms. The van der Waals surface area contributed by atoms with Crippen molar-refractivity contribution in [2.24, 2.45) is 0 Å². The summed E-state index contributed by atoms with van der Waals surface area (Å²) in [6.45, 7) is 6.84. The monoisotopic (exact) mass is 248 g/mol. The van der Waals surface area contributed by atoms with Gasteiger partial charge in [0, 0.05) is 12.2 Å². The van der Waals surface area contributed by atoms with Gasteiger partial charge in [-0.05, 0) is 44.4 Å². The van der Waals surface area contributed by atoms with Crippen LogP contribution in [0.25, 0.3) is 0 Å². The van der Waals surface area contributed by atoms with Crippen molar-refractivity contribution in [1.29, 1.82) is 0 Å². The van der Waals surface area contributed by atoms with Crippen LogP contribution in [0.4, 0.5) is 10.5 Å². The minimum atomic E-state index is -0.459. The SMILES string of the molecule is CC(C)(C)OC(=O)N1CCc2cccc(N)c2C1. The van der Waals surface area contributed by atoms with Gasteiger partial charge in [-0.1, -0.05) is 12.1 Å². The first-order valence-electron chi connectivity index (χ1n) is 6.21. The molecule has 0 bridgehead atoms. The van der Waals surface area contributed by atoms with E-state index in [4.69, 9.17) is 10.5 Å². The van der Waals surface area contributed by atoms with Crippen molar-refractivity contribution in [3.05, 3.63) is 29.3 Å². The summed E-state index contributed by atoms with van der Waals surface area (Å²) >= 11 is 0. The maximum atomic E-state index is 12.0. The van der Waals surface area contributed by atoms with Crippen LogP contribution in [0.1, 0.15) is 31.9 Å². The number of hydrogen-bond donors (Lipinski definition) is 1. The molecule has 0 saturated heterocycles. The Bertz CT molecular complexity index is 463. The van der Waals surface area contributed by atoms with Crippen LogP contribution in [0.15, 0.2) is 18.2 Å². The van der Waals surface area contributed by atoms with Crippen molar-refractivity contribution in [1.82, 2.24) is 4.90 Å². The van der Waals surface area contributed by atoms with Crippen LogP contribution in [-0.4, -0.2) is 23.1 Å². The van der Waals surface area contributed by atoms with Crippen molar-refractivity contribution in [3.63, 3.8) is 0 Å². The Morgan fingerprint density at radius 2 is 2.11 bits per heavy atom. The fourth-order valence-electron chi connectivity index (χ4n) is 2.09. The van der Waals surface area contributed by atoms with Gasteiger partial charge in [0.1, 0.15) is 5.60 Å². The van der Waals surface area contributed by atoms with Gasteiger partial charge in [0.25, 0.3) is 0 Å². The van der Waals surface area contributed by atoms with E-state index in [1.807, 2.05) is 32.9 Å². The molecule has 1 aromatic rings. The molecule has 0 atom stereocenters. The second-order valence-electron chi connectivity index (χ2n) is 5.64. The fourth-order valence-corrected chi connectivity index (χ4v) is 2.09. The van der Waals surface area contributed by atoms with Crippen LogP contribution in [0.2, 0.25) is 0 Å². The standard InChI is InChI=1S/C14H20N2O2/c1-14(2,3)18-13(17)16-8-7-10-5-4-6-12(15)11(10)9-16/h4-6H,7-9,15H2,1-3H3. The number of hydrogen-bond acceptors (Lipinski definition) is 3. The van der Waals surface area contributed by atoms with Crippen LogP contribution < -0.4 is 5.73 Å². The lowest BCUT2D eigenvalue weighted by atomic mass is 9.98. The van der Waals surface area contributed by atoms with E-state index < -0.39 is 5.60 Å². The highest BCUT2D eigenvalue weighted by molar-refractivity contribution is 5.69. The largest absolute Gasteiger partial charge is 0.444 e. The Morgan fingerprint density at radius 3 is 2.78 bits per heavy atom. The average molecular weight is 248 g/mol. The number of ether oxygens (including phenoxy) is 1. The lowest BCUT2D eigenvalue weighted by molar-refractivity contribution is 0.0224. The molecule has 0 radical (unpaired) electrons. The Morgan fingerprint density at radius 1 is 1.39 bits per heavy atom. The molecular formula is C14H20N2O2. The maximum Gasteiger partial charge on any atom is 0.410 e. The summed E-state index contributed by atoms with van der Waals surface area (Å²) in [5.74, 6) is 0. The Labute approximate surface area is 108 Å². The molecule has 0 aliphatic carbocycles. The number of rotatable bonds is 0. The number of benzene rings is 1. The number of carbonyl (C=O) groups is 1. The number of carbonyl (C=O) groups excluding carboxylic acids is 1. The van der Waals surface area contributed by atoms with E-state index in [0.717, 1.165) is 17.7 Å². The Hall–Kier alpha value is -1.71. The van der Waals surface area contributed by atoms with Gasteiger partial charge >= 0.3 is 6.09 Å². The van der Waals surface area contributed by atoms with Crippen LogP contribution in [0.5, 0.6) is 0 Å². The molecule has 2 N–H and O–H groups in total. The molecule has 0 unspecified atom stereocenters. The topological polar surface area (TPSA) is 55.6 Å². The smallest absolute Gasteiger partial charge is 0.410 e. The number of amides is 1. The van der Waals surface area contributed by atoms with Gasteiger partial charge in [0.2, 0.25) is 0 Å². The zero-order chi connectivity index (χ0) is 13.3. The highest BCUT2D eigenvalue weighted by Crippen LogP contribution is 2.25. The minimum Gasteiger partial charge on any atom is -0.444 e. The molecule has 4 heteroatoms. The fraction of sp³-hybridized carbons (Fsp3) is 0.500. The van der Waals surface area contributed by atoms with Crippen molar-refractivity contribution in [2.45, 2.75) is 39.3 Å². The van der Waals surface area contributed by atoms with E-state index in [2.05, 4.69) is 6.07 Å². The van der Waals surface area contributed by atoms with Crippen LogP contribution in [0, 0.1) is 0 Å². The molecule has 1 aliphatic rings. The quantitative estimate of drug-likeness (QED) is 0.718. The zero-order valence-electron chi connectivity index (χ0n) is 11.2. The molecule has 1 aromatic carbocycles. The van der Waals surface area contributed by atoms with Crippen LogP contribution in [-0.2, 0) is 17.7 Å². The predicted octanol–water partition coefficient (Wildman–Crippen LogP) is 2.56. The van der Waals surface area contributed by atoms with E-state index in [0.29, 0.717) is 13.1 Å². The van der Waals surface area contributed by atoms with Gasteiger partial charge in [0.05, 0.1) is 6.54 Å². The van der Waals surface area contributed by atoms with Gasteiger partial charge < -0.3 is 15.4 Å².